The number of amides is 1. The van der Waals surface area contributed by atoms with Crippen molar-refractivity contribution in [1.82, 2.24) is 4.90 Å². The predicted octanol–water partition coefficient (Wildman–Crippen LogP) is 2.74. The lowest BCUT2D eigenvalue weighted by atomic mass is 10.1. The summed E-state index contributed by atoms with van der Waals surface area (Å²) >= 11 is 0. The Morgan fingerprint density at radius 1 is 1.42 bits per heavy atom. The molecule has 1 heterocycles. The fourth-order valence-corrected chi connectivity index (χ4v) is 2.19. The molecule has 1 aromatic rings. The number of halogens is 3. The van der Waals surface area contributed by atoms with Gasteiger partial charge in [0.25, 0.3) is 0 Å². The summed E-state index contributed by atoms with van der Waals surface area (Å²) in [6.07, 6.45) is -3.59. The van der Waals surface area contributed by atoms with E-state index in [1.54, 1.807) is 11.0 Å². The van der Waals surface area contributed by atoms with Gasteiger partial charge in [-0.05, 0) is 24.6 Å². The number of anilines is 1. The van der Waals surface area contributed by atoms with E-state index in [-0.39, 0.29) is 11.9 Å². The Morgan fingerprint density at radius 2 is 2.16 bits per heavy atom. The lowest BCUT2D eigenvalue weighted by Gasteiger charge is -2.17. The van der Waals surface area contributed by atoms with Gasteiger partial charge in [-0.3, -0.25) is 4.79 Å². The van der Waals surface area contributed by atoms with Gasteiger partial charge in [0.15, 0.2) is 0 Å². The minimum Gasteiger partial charge on any atom is -0.380 e. The van der Waals surface area contributed by atoms with Gasteiger partial charge < -0.3 is 10.2 Å². The molecule has 1 amide bonds. The Bertz CT molecular complexity index is 473. The highest BCUT2D eigenvalue weighted by Crippen LogP contribution is 2.31. The molecule has 0 saturated carbocycles. The molecule has 0 aromatic heterocycles. The van der Waals surface area contributed by atoms with Gasteiger partial charge in [0.05, 0.1) is 5.56 Å². The molecule has 0 aliphatic carbocycles. The van der Waals surface area contributed by atoms with Crippen LogP contribution in [0.3, 0.4) is 0 Å². The number of likely N-dealkylation sites (tertiary alicyclic amines) is 1. The first-order chi connectivity index (χ1) is 8.86. The SMILES string of the molecule is CC(=O)N1CCC(Nc2cccc(C(F)(F)F)c2)C1. The molecule has 0 radical (unpaired) electrons. The minimum atomic E-state index is -4.33. The van der Waals surface area contributed by atoms with Crippen molar-refractivity contribution in [2.75, 3.05) is 18.4 Å². The molecule has 104 valence electrons. The Labute approximate surface area is 109 Å². The Balaban J connectivity index is 2.03. The molecule has 2 rings (SSSR count). The Hall–Kier alpha value is -1.72. The number of carbonyl (C=O) groups excluding carboxylic acids is 1. The summed E-state index contributed by atoms with van der Waals surface area (Å²) in [4.78, 5) is 12.9. The summed E-state index contributed by atoms with van der Waals surface area (Å²) in [6.45, 7) is 2.67. The zero-order valence-electron chi connectivity index (χ0n) is 10.5. The maximum atomic E-state index is 12.6. The van der Waals surface area contributed by atoms with Gasteiger partial charge in [0, 0.05) is 31.7 Å². The third kappa shape index (κ3) is 3.39. The third-order valence-corrected chi connectivity index (χ3v) is 3.19. The molecule has 0 spiro atoms. The molecule has 1 atom stereocenters. The summed E-state index contributed by atoms with van der Waals surface area (Å²) in [5, 5.41) is 3.04. The van der Waals surface area contributed by atoms with Gasteiger partial charge in [-0.2, -0.15) is 13.2 Å². The second kappa shape index (κ2) is 5.11. The number of benzene rings is 1. The van der Waals surface area contributed by atoms with Crippen LogP contribution in [0, 0.1) is 0 Å². The fourth-order valence-electron chi connectivity index (χ4n) is 2.19. The first-order valence-electron chi connectivity index (χ1n) is 6.05. The minimum absolute atomic E-state index is 0.00616. The van der Waals surface area contributed by atoms with E-state index in [1.807, 2.05) is 0 Å². The van der Waals surface area contributed by atoms with Gasteiger partial charge in [0.1, 0.15) is 0 Å². The monoisotopic (exact) mass is 272 g/mol. The second-order valence-electron chi connectivity index (χ2n) is 4.67. The van der Waals surface area contributed by atoms with Crippen LogP contribution in [-0.2, 0) is 11.0 Å². The molecule has 3 nitrogen and oxygen atoms in total. The Kier molecular flexibility index (Phi) is 3.68. The molecule has 1 saturated heterocycles. The van der Waals surface area contributed by atoms with Crippen molar-refractivity contribution in [2.45, 2.75) is 25.6 Å². The fraction of sp³-hybridized carbons (Fsp3) is 0.462. The molecule has 1 unspecified atom stereocenters. The number of nitrogens with zero attached hydrogens (tertiary/aromatic N) is 1. The number of rotatable bonds is 2. The number of hydrogen-bond acceptors (Lipinski definition) is 2. The van der Waals surface area contributed by atoms with Crippen molar-refractivity contribution in [2.24, 2.45) is 0 Å². The maximum absolute atomic E-state index is 12.6. The molecular formula is C13H15F3N2O. The topological polar surface area (TPSA) is 32.3 Å². The van der Waals surface area contributed by atoms with Crippen LogP contribution in [0.1, 0.15) is 18.9 Å². The maximum Gasteiger partial charge on any atom is 0.416 e. The van der Waals surface area contributed by atoms with Crippen LogP contribution >= 0.6 is 0 Å². The van der Waals surface area contributed by atoms with Crippen LogP contribution in [0.25, 0.3) is 0 Å². The molecule has 6 heteroatoms. The predicted molar refractivity (Wildman–Crippen MR) is 65.7 cm³/mol. The van der Waals surface area contributed by atoms with Crippen LogP contribution in [-0.4, -0.2) is 29.9 Å². The lowest BCUT2D eigenvalue weighted by Crippen LogP contribution is -2.29. The van der Waals surface area contributed by atoms with Crippen LogP contribution in [0.5, 0.6) is 0 Å². The average molecular weight is 272 g/mol. The van der Waals surface area contributed by atoms with Gasteiger partial charge in [-0.25, -0.2) is 0 Å². The van der Waals surface area contributed by atoms with E-state index in [0.29, 0.717) is 18.8 Å². The van der Waals surface area contributed by atoms with Crippen LogP contribution in [0.2, 0.25) is 0 Å². The second-order valence-corrected chi connectivity index (χ2v) is 4.67. The standard InChI is InChI=1S/C13H15F3N2O/c1-9(19)18-6-5-12(8-18)17-11-4-2-3-10(7-11)13(14,15)16/h2-4,7,12,17H,5-6,8H2,1H3. The zero-order chi connectivity index (χ0) is 14.0. The van der Waals surface area contributed by atoms with E-state index in [4.69, 9.17) is 0 Å². The number of alkyl halides is 3. The molecule has 0 bridgehead atoms. The molecule has 1 aromatic carbocycles. The Morgan fingerprint density at radius 3 is 2.74 bits per heavy atom. The highest BCUT2D eigenvalue weighted by atomic mass is 19.4. The van der Waals surface area contributed by atoms with Crippen LogP contribution < -0.4 is 5.32 Å². The van der Waals surface area contributed by atoms with Crippen molar-refractivity contribution in [3.63, 3.8) is 0 Å². The van der Waals surface area contributed by atoms with Crippen molar-refractivity contribution < 1.29 is 18.0 Å². The normalized spacial score (nSPS) is 19.6. The number of hydrogen-bond donors (Lipinski definition) is 1. The van der Waals surface area contributed by atoms with E-state index in [2.05, 4.69) is 5.32 Å². The summed E-state index contributed by atoms with van der Waals surface area (Å²) in [6, 6.07) is 5.12. The highest BCUT2D eigenvalue weighted by Gasteiger charge is 2.31. The zero-order valence-corrected chi connectivity index (χ0v) is 10.5. The molecule has 19 heavy (non-hydrogen) atoms. The lowest BCUT2D eigenvalue weighted by molar-refractivity contribution is -0.137. The van der Waals surface area contributed by atoms with Crippen LogP contribution in [0.15, 0.2) is 24.3 Å². The quantitative estimate of drug-likeness (QED) is 0.897. The first kappa shape index (κ1) is 13.7. The van der Waals surface area contributed by atoms with Gasteiger partial charge in [-0.15, -0.1) is 0 Å². The van der Waals surface area contributed by atoms with Crippen molar-refractivity contribution >= 4 is 11.6 Å². The summed E-state index contributed by atoms with van der Waals surface area (Å²) < 4.78 is 37.7. The number of carbonyl (C=O) groups is 1. The van der Waals surface area contributed by atoms with E-state index in [1.165, 1.54) is 13.0 Å². The smallest absolute Gasteiger partial charge is 0.380 e. The van der Waals surface area contributed by atoms with E-state index < -0.39 is 11.7 Å². The first-order valence-corrected chi connectivity index (χ1v) is 6.05. The summed E-state index contributed by atoms with van der Waals surface area (Å²) in [5.41, 5.74) is -0.232. The van der Waals surface area contributed by atoms with Gasteiger partial charge in [-0.1, -0.05) is 6.07 Å². The van der Waals surface area contributed by atoms with E-state index >= 15 is 0 Å². The molecule has 1 fully saturated rings. The van der Waals surface area contributed by atoms with Crippen molar-refractivity contribution in [3.8, 4) is 0 Å². The van der Waals surface area contributed by atoms with E-state index in [0.717, 1.165) is 18.6 Å². The third-order valence-electron chi connectivity index (χ3n) is 3.19. The molecule has 1 N–H and O–H groups in total. The molecule has 1 aliphatic rings. The highest BCUT2D eigenvalue weighted by molar-refractivity contribution is 5.73. The summed E-state index contributed by atoms with van der Waals surface area (Å²) in [7, 11) is 0. The van der Waals surface area contributed by atoms with Crippen molar-refractivity contribution in [1.29, 1.82) is 0 Å². The van der Waals surface area contributed by atoms with E-state index in [9.17, 15) is 18.0 Å². The van der Waals surface area contributed by atoms with Gasteiger partial charge >= 0.3 is 6.18 Å². The van der Waals surface area contributed by atoms with Gasteiger partial charge in [0.2, 0.25) is 5.91 Å². The van der Waals surface area contributed by atoms with Crippen molar-refractivity contribution in [3.05, 3.63) is 29.8 Å². The number of nitrogens with one attached hydrogen (secondary N) is 1. The molecule has 1 aliphatic heterocycles. The molecular weight excluding hydrogens is 257 g/mol. The average Bonchev–Trinajstić information content (AvgIpc) is 2.77. The largest absolute Gasteiger partial charge is 0.416 e. The van der Waals surface area contributed by atoms with Crippen LogP contribution in [0.4, 0.5) is 18.9 Å². The summed E-state index contributed by atoms with van der Waals surface area (Å²) in [5.74, 6) is -0.00616.